The summed E-state index contributed by atoms with van der Waals surface area (Å²) < 4.78 is 67.8. The summed E-state index contributed by atoms with van der Waals surface area (Å²) >= 11 is 0. The van der Waals surface area contributed by atoms with E-state index in [1.54, 1.807) is 0 Å². The lowest BCUT2D eigenvalue weighted by atomic mass is 9.93. The summed E-state index contributed by atoms with van der Waals surface area (Å²) in [6, 6.07) is 1.16. The molecule has 0 saturated heterocycles. The van der Waals surface area contributed by atoms with E-state index in [0.717, 1.165) is 43.5 Å². The SMILES string of the molecule is N[C@@H](CC=NS(=O)(=O)CCC(O)(c1ccc(C2CCCC2)cn1)C(F)(F)F)C(=O)O. The zero-order chi connectivity index (χ0) is 22.6. The van der Waals surface area contributed by atoms with Gasteiger partial charge in [0.25, 0.3) is 10.0 Å². The van der Waals surface area contributed by atoms with E-state index in [-0.39, 0.29) is 5.92 Å². The number of aliphatic hydroxyl groups is 1. The maximum Gasteiger partial charge on any atom is 0.423 e. The Labute approximate surface area is 172 Å². The van der Waals surface area contributed by atoms with Gasteiger partial charge in [-0.25, -0.2) is 8.42 Å². The summed E-state index contributed by atoms with van der Waals surface area (Å²) in [6.45, 7) is 0. The van der Waals surface area contributed by atoms with Crippen LogP contribution in [0.25, 0.3) is 0 Å². The summed E-state index contributed by atoms with van der Waals surface area (Å²) in [5.41, 5.74) is 1.82. The second-order valence-corrected chi connectivity index (χ2v) is 9.10. The maximum absolute atomic E-state index is 13.6. The predicted octanol–water partition coefficient (Wildman–Crippen LogP) is 2.08. The average molecular weight is 451 g/mol. The van der Waals surface area contributed by atoms with Gasteiger partial charge in [-0.05, 0) is 30.4 Å². The van der Waals surface area contributed by atoms with Crippen molar-refractivity contribution in [3.63, 3.8) is 0 Å². The van der Waals surface area contributed by atoms with Crippen molar-refractivity contribution in [1.29, 1.82) is 0 Å². The summed E-state index contributed by atoms with van der Waals surface area (Å²) in [4.78, 5) is 14.4. The third kappa shape index (κ3) is 5.99. The van der Waals surface area contributed by atoms with Gasteiger partial charge >= 0.3 is 12.1 Å². The van der Waals surface area contributed by atoms with Gasteiger partial charge in [-0.2, -0.15) is 17.6 Å². The number of sulfonamides is 1. The predicted molar refractivity (Wildman–Crippen MR) is 103 cm³/mol. The topological polar surface area (TPSA) is 143 Å². The molecule has 0 aliphatic heterocycles. The lowest BCUT2D eigenvalue weighted by Crippen LogP contribution is -2.44. The van der Waals surface area contributed by atoms with Gasteiger partial charge in [-0.3, -0.25) is 9.78 Å². The molecule has 0 aromatic carbocycles. The zero-order valence-electron chi connectivity index (χ0n) is 16.0. The van der Waals surface area contributed by atoms with Crippen LogP contribution in [0.1, 0.15) is 55.7 Å². The van der Waals surface area contributed by atoms with E-state index in [1.165, 1.54) is 12.3 Å². The summed E-state index contributed by atoms with van der Waals surface area (Å²) in [6.07, 6.45) is -0.863. The number of carboxylic acid groups (broad SMARTS) is 1. The largest absolute Gasteiger partial charge is 0.480 e. The van der Waals surface area contributed by atoms with Crippen LogP contribution >= 0.6 is 0 Å². The molecule has 1 aromatic rings. The van der Waals surface area contributed by atoms with Crippen molar-refractivity contribution in [3.05, 3.63) is 29.6 Å². The van der Waals surface area contributed by atoms with Gasteiger partial charge in [0.05, 0.1) is 11.4 Å². The van der Waals surface area contributed by atoms with Crippen molar-refractivity contribution in [1.82, 2.24) is 4.98 Å². The molecule has 1 fully saturated rings. The van der Waals surface area contributed by atoms with Crippen LogP contribution in [0.5, 0.6) is 0 Å². The second-order valence-electron chi connectivity index (χ2n) is 7.32. The van der Waals surface area contributed by atoms with Gasteiger partial charge < -0.3 is 15.9 Å². The van der Waals surface area contributed by atoms with Crippen LogP contribution in [-0.4, -0.2) is 53.8 Å². The number of hydrogen-bond donors (Lipinski definition) is 3. The van der Waals surface area contributed by atoms with Crippen molar-refractivity contribution in [2.45, 2.75) is 62.3 Å². The first kappa shape index (κ1) is 24.2. The van der Waals surface area contributed by atoms with E-state index >= 15 is 0 Å². The Morgan fingerprint density at radius 3 is 2.47 bits per heavy atom. The Kier molecular flexibility index (Phi) is 7.59. The van der Waals surface area contributed by atoms with Crippen LogP contribution in [0, 0.1) is 0 Å². The molecule has 1 aromatic heterocycles. The number of carboxylic acids is 1. The fourth-order valence-corrected chi connectivity index (χ4v) is 4.24. The number of alkyl halides is 3. The molecule has 12 heteroatoms. The molecule has 8 nitrogen and oxygen atoms in total. The number of carbonyl (C=O) groups is 1. The van der Waals surface area contributed by atoms with Gasteiger partial charge in [-0.1, -0.05) is 18.9 Å². The van der Waals surface area contributed by atoms with E-state index < -0.39 is 58.1 Å². The van der Waals surface area contributed by atoms with Gasteiger partial charge in [0.2, 0.25) is 5.60 Å². The van der Waals surface area contributed by atoms with Crippen LogP contribution in [0.3, 0.4) is 0 Å². The minimum Gasteiger partial charge on any atom is -0.480 e. The number of halogens is 3. The molecule has 1 aliphatic rings. The van der Waals surface area contributed by atoms with Crippen molar-refractivity contribution in [2.75, 3.05) is 5.75 Å². The van der Waals surface area contributed by atoms with E-state index in [9.17, 15) is 31.5 Å². The van der Waals surface area contributed by atoms with Gasteiger partial charge in [-0.15, -0.1) is 0 Å². The first-order valence-corrected chi connectivity index (χ1v) is 11.0. The number of hydrogen-bond acceptors (Lipinski definition) is 6. The molecule has 2 atom stereocenters. The van der Waals surface area contributed by atoms with E-state index in [0.29, 0.717) is 0 Å². The van der Waals surface area contributed by atoms with Crippen LogP contribution in [-0.2, 0) is 20.4 Å². The zero-order valence-corrected chi connectivity index (χ0v) is 16.9. The maximum atomic E-state index is 13.6. The van der Waals surface area contributed by atoms with Crippen molar-refractivity contribution >= 4 is 22.2 Å². The fourth-order valence-electron chi connectivity index (χ4n) is 3.27. The van der Waals surface area contributed by atoms with Crippen LogP contribution in [0.4, 0.5) is 13.2 Å². The number of pyridine rings is 1. The smallest absolute Gasteiger partial charge is 0.423 e. The number of nitrogens with two attached hydrogens (primary N) is 1. The van der Waals surface area contributed by atoms with Gasteiger partial charge in [0.15, 0.2) is 0 Å². The number of aromatic nitrogens is 1. The Hall–Kier alpha value is -2.05. The second kappa shape index (κ2) is 9.40. The fraction of sp³-hybridized carbons (Fsp3) is 0.611. The molecule has 1 aliphatic carbocycles. The van der Waals surface area contributed by atoms with Crippen LogP contribution < -0.4 is 5.73 Å². The highest BCUT2D eigenvalue weighted by Crippen LogP contribution is 2.42. The standard InChI is InChI=1S/C18H24F3N3O5S/c19-18(20,21)17(27,8-10-30(28,29)24-9-7-14(22)16(25)26)15-6-5-13(11-23-15)12-3-1-2-4-12/h5-6,9,11-12,14,27H,1-4,7-8,10,22H2,(H,25,26)/t14-,17?/m0/s1. The molecule has 30 heavy (non-hydrogen) atoms. The monoisotopic (exact) mass is 451 g/mol. The molecular formula is C18H24F3N3O5S. The van der Waals surface area contributed by atoms with Gasteiger partial charge in [0, 0.05) is 25.3 Å². The number of aliphatic carboxylic acids is 1. The molecule has 1 heterocycles. The van der Waals surface area contributed by atoms with E-state index in [4.69, 9.17) is 10.8 Å². The number of rotatable bonds is 9. The number of nitrogens with zero attached hydrogens (tertiary/aromatic N) is 2. The average Bonchev–Trinajstić information content (AvgIpc) is 3.20. The minimum absolute atomic E-state index is 0.220. The van der Waals surface area contributed by atoms with Gasteiger partial charge in [0.1, 0.15) is 6.04 Å². The highest BCUT2D eigenvalue weighted by Gasteiger charge is 2.56. The van der Waals surface area contributed by atoms with E-state index in [1.807, 2.05) is 0 Å². The van der Waals surface area contributed by atoms with Crippen molar-refractivity contribution in [3.8, 4) is 0 Å². The molecule has 0 amide bonds. The lowest BCUT2D eigenvalue weighted by Gasteiger charge is -2.30. The molecule has 0 spiro atoms. The molecule has 4 N–H and O–H groups in total. The summed E-state index contributed by atoms with van der Waals surface area (Å²) in [5.74, 6) is -2.27. The molecular weight excluding hydrogens is 427 g/mol. The molecule has 1 saturated carbocycles. The Morgan fingerprint density at radius 1 is 1.33 bits per heavy atom. The van der Waals surface area contributed by atoms with Crippen LogP contribution in [0.2, 0.25) is 0 Å². The quantitative estimate of drug-likeness (QED) is 0.488. The molecule has 168 valence electrons. The first-order chi connectivity index (χ1) is 13.9. The third-order valence-electron chi connectivity index (χ3n) is 5.14. The normalized spacial score (nSPS) is 19.1. The molecule has 0 bridgehead atoms. The molecule has 1 unspecified atom stereocenters. The van der Waals surface area contributed by atoms with Crippen LogP contribution in [0.15, 0.2) is 22.7 Å². The summed E-state index contributed by atoms with van der Waals surface area (Å²) in [7, 11) is -4.39. The lowest BCUT2D eigenvalue weighted by molar-refractivity contribution is -0.268. The summed E-state index contributed by atoms with van der Waals surface area (Å²) in [5, 5.41) is 18.9. The third-order valence-corrected chi connectivity index (χ3v) is 6.33. The Balaban J connectivity index is 2.15. The Morgan fingerprint density at radius 2 is 1.97 bits per heavy atom. The van der Waals surface area contributed by atoms with E-state index in [2.05, 4.69) is 9.38 Å². The minimum atomic E-state index is -5.17. The van der Waals surface area contributed by atoms with Crippen molar-refractivity contribution in [2.24, 2.45) is 10.1 Å². The first-order valence-electron chi connectivity index (χ1n) is 9.36. The molecule has 2 rings (SSSR count). The highest BCUT2D eigenvalue weighted by molar-refractivity contribution is 7.90. The highest BCUT2D eigenvalue weighted by atomic mass is 32.2. The Bertz CT molecular complexity index is 868. The molecule has 0 radical (unpaired) electrons. The van der Waals surface area contributed by atoms with Crippen molar-refractivity contribution < 1.29 is 36.6 Å².